The molecular weight excluding hydrogens is 324 g/mol. The maximum absolute atomic E-state index is 12.8. The normalized spacial score (nSPS) is 15.3. The van der Waals surface area contributed by atoms with E-state index in [0.29, 0.717) is 23.5 Å². The van der Waals surface area contributed by atoms with Gasteiger partial charge in [0.1, 0.15) is 5.69 Å². The van der Waals surface area contributed by atoms with Crippen LogP contribution in [0.15, 0.2) is 42.6 Å². The first-order valence-corrected chi connectivity index (χ1v) is 9.52. The highest BCUT2D eigenvalue weighted by Crippen LogP contribution is 2.22. The van der Waals surface area contributed by atoms with Gasteiger partial charge in [0.05, 0.1) is 0 Å². The van der Waals surface area contributed by atoms with Crippen LogP contribution >= 0.6 is 0 Å². The molecule has 0 spiro atoms. The number of hydrogen-bond acceptors (Lipinski definition) is 4. The molecule has 1 aromatic carbocycles. The number of anilines is 1. The number of hydrogen-bond donors (Lipinski definition) is 1. The van der Waals surface area contributed by atoms with Crippen LogP contribution in [-0.2, 0) is 6.42 Å². The topological polar surface area (TPSA) is 58.1 Å². The van der Waals surface area contributed by atoms with Crippen LogP contribution < -0.4 is 5.32 Å². The zero-order valence-electron chi connectivity index (χ0n) is 15.7. The number of amides is 1. The summed E-state index contributed by atoms with van der Waals surface area (Å²) in [6.45, 7) is 6.65. The molecule has 5 heteroatoms. The summed E-state index contributed by atoms with van der Waals surface area (Å²) < 4.78 is 0. The Morgan fingerprint density at radius 2 is 1.92 bits per heavy atom. The highest BCUT2D eigenvalue weighted by atomic mass is 16.2. The van der Waals surface area contributed by atoms with Crippen LogP contribution in [0.1, 0.15) is 42.7 Å². The van der Waals surface area contributed by atoms with Gasteiger partial charge in [-0.25, -0.2) is 9.97 Å². The average Bonchev–Trinajstić information content (AvgIpc) is 2.67. The van der Waals surface area contributed by atoms with Crippen molar-refractivity contribution in [2.24, 2.45) is 11.8 Å². The fourth-order valence-corrected chi connectivity index (χ4v) is 3.31. The van der Waals surface area contributed by atoms with Gasteiger partial charge >= 0.3 is 0 Å². The molecule has 1 amide bonds. The number of likely N-dealkylation sites (tertiary alicyclic amines) is 1. The fraction of sp³-hybridized carbons (Fsp3) is 0.476. The van der Waals surface area contributed by atoms with Crippen LogP contribution in [0.5, 0.6) is 0 Å². The summed E-state index contributed by atoms with van der Waals surface area (Å²) in [5.41, 5.74) is 1.86. The molecule has 0 atom stereocenters. The van der Waals surface area contributed by atoms with E-state index < -0.39 is 0 Å². The molecule has 1 fully saturated rings. The number of benzene rings is 1. The first kappa shape index (κ1) is 18.4. The molecule has 0 saturated carbocycles. The average molecular weight is 352 g/mol. The molecule has 26 heavy (non-hydrogen) atoms. The van der Waals surface area contributed by atoms with Crippen LogP contribution in [0, 0.1) is 11.8 Å². The lowest BCUT2D eigenvalue weighted by molar-refractivity contribution is 0.0684. The fourth-order valence-electron chi connectivity index (χ4n) is 3.31. The molecule has 138 valence electrons. The monoisotopic (exact) mass is 352 g/mol. The second-order valence-electron chi connectivity index (χ2n) is 7.47. The van der Waals surface area contributed by atoms with E-state index in [4.69, 9.17) is 0 Å². The zero-order chi connectivity index (χ0) is 18.4. The molecule has 0 unspecified atom stereocenters. The van der Waals surface area contributed by atoms with E-state index in [0.717, 1.165) is 38.9 Å². The van der Waals surface area contributed by atoms with Gasteiger partial charge in [0.2, 0.25) is 5.95 Å². The lowest BCUT2D eigenvalue weighted by atomic mass is 9.90. The van der Waals surface area contributed by atoms with Crippen molar-refractivity contribution in [2.45, 2.75) is 33.1 Å². The molecule has 1 aliphatic heterocycles. The SMILES string of the molecule is CC(C)CNc1nccc(C(=O)N2CCC(Cc3ccccc3)CC2)n1. The summed E-state index contributed by atoms with van der Waals surface area (Å²) in [7, 11) is 0. The summed E-state index contributed by atoms with van der Waals surface area (Å²) in [4.78, 5) is 23.3. The lowest BCUT2D eigenvalue weighted by Gasteiger charge is -2.32. The minimum atomic E-state index is 0.0122. The van der Waals surface area contributed by atoms with Crippen molar-refractivity contribution < 1.29 is 4.79 Å². The van der Waals surface area contributed by atoms with Gasteiger partial charge in [-0.2, -0.15) is 0 Å². The Kier molecular flexibility index (Phi) is 6.21. The molecule has 1 aliphatic rings. The molecule has 1 aromatic heterocycles. The smallest absolute Gasteiger partial charge is 0.272 e. The molecule has 1 N–H and O–H groups in total. The number of nitrogens with one attached hydrogen (secondary N) is 1. The molecule has 0 bridgehead atoms. The Morgan fingerprint density at radius 1 is 1.19 bits per heavy atom. The van der Waals surface area contributed by atoms with Crippen LogP contribution in [0.25, 0.3) is 0 Å². The second kappa shape index (κ2) is 8.79. The van der Waals surface area contributed by atoms with Crippen LogP contribution in [0.2, 0.25) is 0 Å². The van der Waals surface area contributed by atoms with Crippen LogP contribution in [0.4, 0.5) is 5.95 Å². The summed E-state index contributed by atoms with van der Waals surface area (Å²) in [6, 6.07) is 12.3. The van der Waals surface area contributed by atoms with Crippen molar-refractivity contribution in [3.8, 4) is 0 Å². The van der Waals surface area contributed by atoms with Crippen molar-refractivity contribution in [1.82, 2.24) is 14.9 Å². The molecule has 5 nitrogen and oxygen atoms in total. The van der Waals surface area contributed by atoms with E-state index in [1.165, 1.54) is 5.56 Å². The van der Waals surface area contributed by atoms with Gasteiger partial charge in [-0.1, -0.05) is 44.2 Å². The van der Waals surface area contributed by atoms with Crippen LogP contribution in [0.3, 0.4) is 0 Å². The van der Waals surface area contributed by atoms with Crippen molar-refractivity contribution >= 4 is 11.9 Å². The first-order chi connectivity index (χ1) is 12.6. The van der Waals surface area contributed by atoms with Gasteiger partial charge in [0.15, 0.2) is 0 Å². The van der Waals surface area contributed by atoms with Gasteiger partial charge in [0, 0.05) is 25.8 Å². The Bertz CT molecular complexity index is 709. The van der Waals surface area contributed by atoms with Crippen LogP contribution in [-0.4, -0.2) is 40.4 Å². The van der Waals surface area contributed by atoms with E-state index in [9.17, 15) is 4.79 Å². The predicted octanol–water partition coefficient (Wildman–Crippen LogP) is 3.64. The molecule has 2 aromatic rings. The van der Waals surface area contributed by atoms with Crippen molar-refractivity contribution in [3.05, 3.63) is 53.9 Å². The zero-order valence-corrected chi connectivity index (χ0v) is 15.7. The lowest BCUT2D eigenvalue weighted by Crippen LogP contribution is -2.39. The summed E-state index contributed by atoms with van der Waals surface area (Å²) >= 11 is 0. The van der Waals surface area contributed by atoms with E-state index >= 15 is 0 Å². The Balaban J connectivity index is 1.54. The third-order valence-electron chi connectivity index (χ3n) is 4.81. The van der Waals surface area contributed by atoms with Crippen molar-refractivity contribution in [2.75, 3.05) is 25.0 Å². The Labute approximate surface area is 155 Å². The molecular formula is C21H28N4O. The summed E-state index contributed by atoms with van der Waals surface area (Å²) in [5, 5.41) is 3.18. The molecule has 1 saturated heterocycles. The molecule has 0 aliphatic carbocycles. The maximum atomic E-state index is 12.8. The highest BCUT2D eigenvalue weighted by molar-refractivity contribution is 5.92. The van der Waals surface area contributed by atoms with Gasteiger partial charge in [-0.3, -0.25) is 4.79 Å². The Hall–Kier alpha value is -2.43. The number of nitrogens with zero attached hydrogens (tertiary/aromatic N) is 3. The molecule has 3 rings (SSSR count). The summed E-state index contributed by atoms with van der Waals surface area (Å²) in [6.07, 6.45) is 4.85. The van der Waals surface area contributed by atoms with E-state index in [1.54, 1.807) is 12.3 Å². The van der Waals surface area contributed by atoms with Crippen molar-refractivity contribution in [1.29, 1.82) is 0 Å². The van der Waals surface area contributed by atoms with E-state index in [2.05, 4.69) is 59.5 Å². The summed E-state index contributed by atoms with van der Waals surface area (Å²) in [5.74, 6) is 1.69. The van der Waals surface area contributed by atoms with Gasteiger partial charge < -0.3 is 10.2 Å². The first-order valence-electron chi connectivity index (χ1n) is 9.52. The number of aromatic nitrogens is 2. The van der Waals surface area contributed by atoms with Gasteiger partial charge in [-0.05, 0) is 42.7 Å². The molecule has 2 heterocycles. The number of carbonyl (C=O) groups excluding carboxylic acids is 1. The quantitative estimate of drug-likeness (QED) is 0.862. The van der Waals surface area contributed by atoms with Crippen molar-refractivity contribution in [3.63, 3.8) is 0 Å². The van der Waals surface area contributed by atoms with Gasteiger partial charge in [-0.15, -0.1) is 0 Å². The van der Waals surface area contributed by atoms with E-state index in [1.807, 2.05) is 4.90 Å². The minimum absolute atomic E-state index is 0.0122. The Morgan fingerprint density at radius 3 is 2.62 bits per heavy atom. The van der Waals surface area contributed by atoms with E-state index in [-0.39, 0.29) is 5.91 Å². The number of rotatable bonds is 6. The second-order valence-corrected chi connectivity index (χ2v) is 7.47. The highest BCUT2D eigenvalue weighted by Gasteiger charge is 2.24. The number of piperidine rings is 1. The third-order valence-corrected chi connectivity index (χ3v) is 4.81. The largest absolute Gasteiger partial charge is 0.354 e. The molecule has 0 radical (unpaired) electrons. The standard InChI is InChI=1S/C21H28N4O/c1-16(2)15-23-21-22-11-8-19(24-21)20(26)25-12-9-18(10-13-25)14-17-6-4-3-5-7-17/h3-8,11,16,18H,9-10,12-15H2,1-2H3,(H,22,23,24). The third kappa shape index (κ3) is 5.04. The predicted molar refractivity (Wildman–Crippen MR) is 104 cm³/mol. The number of carbonyl (C=O) groups is 1. The minimum Gasteiger partial charge on any atom is -0.354 e. The van der Waals surface area contributed by atoms with Gasteiger partial charge in [0.25, 0.3) is 5.91 Å². The maximum Gasteiger partial charge on any atom is 0.272 e.